The first-order valence-electron chi connectivity index (χ1n) is 6.93. The Morgan fingerprint density at radius 1 is 1.37 bits per heavy atom. The van der Waals surface area contributed by atoms with Crippen LogP contribution in [0.25, 0.3) is 4.96 Å². The van der Waals surface area contributed by atoms with Gasteiger partial charge < -0.3 is 10.1 Å². The highest BCUT2D eigenvalue weighted by Gasteiger charge is 2.25. The summed E-state index contributed by atoms with van der Waals surface area (Å²) in [7, 11) is 0. The summed E-state index contributed by atoms with van der Waals surface area (Å²) in [4.78, 5) is 0.895. The van der Waals surface area contributed by atoms with E-state index < -0.39 is 0 Å². The smallest absolute Gasteiger partial charge is 0.234 e. The van der Waals surface area contributed by atoms with Gasteiger partial charge in [0.05, 0.1) is 0 Å². The van der Waals surface area contributed by atoms with Gasteiger partial charge in [0.15, 0.2) is 5.82 Å². The van der Waals surface area contributed by atoms with E-state index in [1.807, 2.05) is 4.52 Å². The second kappa shape index (κ2) is 4.81. The third kappa shape index (κ3) is 2.15. The molecule has 19 heavy (non-hydrogen) atoms. The highest BCUT2D eigenvalue weighted by Crippen LogP contribution is 2.29. The average Bonchev–Trinajstić information content (AvgIpc) is 3.12. The Labute approximate surface area is 115 Å². The lowest BCUT2D eigenvalue weighted by molar-refractivity contribution is 0.103. The lowest BCUT2D eigenvalue weighted by Crippen LogP contribution is -2.11. The second-order valence-corrected chi connectivity index (χ2v) is 6.35. The maximum absolute atomic E-state index is 5.68. The van der Waals surface area contributed by atoms with Gasteiger partial charge in [0.1, 0.15) is 11.1 Å². The minimum absolute atomic E-state index is 0.0816. The van der Waals surface area contributed by atoms with Gasteiger partial charge >= 0.3 is 0 Å². The molecule has 0 bridgehead atoms. The maximum atomic E-state index is 5.68. The Hall–Kier alpha value is -1.05. The summed E-state index contributed by atoms with van der Waals surface area (Å²) >= 11 is 1.66. The predicted molar refractivity (Wildman–Crippen MR) is 71.3 cm³/mol. The minimum atomic E-state index is 0.0816. The first-order chi connectivity index (χ1) is 9.40. The molecule has 2 aliphatic heterocycles. The maximum Gasteiger partial charge on any atom is 0.234 e. The Balaban J connectivity index is 1.60. The van der Waals surface area contributed by atoms with Crippen LogP contribution in [-0.4, -0.2) is 39.5 Å². The van der Waals surface area contributed by atoms with E-state index >= 15 is 0 Å². The molecule has 2 aromatic rings. The largest absolute Gasteiger partial charge is 0.370 e. The van der Waals surface area contributed by atoms with Gasteiger partial charge in [0, 0.05) is 13.0 Å². The molecule has 7 heteroatoms. The zero-order valence-electron chi connectivity index (χ0n) is 10.7. The van der Waals surface area contributed by atoms with E-state index in [1.165, 1.54) is 6.42 Å². The molecule has 1 N–H and O–H groups in total. The number of ether oxygens (including phenoxy) is 1. The summed E-state index contributed by atoms with van der Waals surface area (Å²) in [5.41, 5.74) is 0. The summed E-state index contributed by atoms with van der Waals surface area (Å²) in [6, 6.07) is 0. The van der Waals surface area contributed by atoms with Crippen molar-refractivity contribution in [3.63, 3.8) is 0 Å². The van der Waals surface area contributed by atoms with E-state index in [1.54, 1.807) is 11.3 Å². The van der Waals surface area contributed by atoms with Crippen molar-refractivity contribution < 1.29 is 4.74 Å². The molecular weight excluding hydrogens is 262 g/mol. The topological polar surface area (TPSA) is 64.3 Å². The van der Waals surface area contributed by atoms with Crippen LogP contribution in [0.1, 0.15) is 36.2 Å². The summed E-state index contributed by atoms with van der Waals surface area (Å²) in [6.07, 6.45) is 4.51. The normalized spacial score (nSPS) is 27.6. The molecule has 0 spiro atoms. The van der Waals surface area contributed by atoms with Crippen LogP contribution in [0.15, 0.2) is 0 Å². The summed E-state index contributed by atoms with van der Waals surface area (Å²) in [5.74, 6) is 1.59. The molecule has 2 atom stereocenters. The highest BCUT2D eigenvalue weighted by atomic mass is 32.1. The highest BCUT2D eigenvalue weighted by molar-refractivity contribution is 7.16. The Morgan fingerprint density at radius 3 is 3.16 bits per heavy atom. The number of nitrogens with zero attached hydrogens (tertiary/aromatic N) is 4. The number of hydrogen-bond donors (Lipinski definition) is 1. The average molecular weight is 279 g/mol. The van der Waals surface area contributed by atoms with E-state index in [4.69, 9.17) is 4.74 Å². The van der Waals surface area contributed by atoms with E-state index in [2.05, 4.69) is 20.6 Å². The fourth-order valence-electron chi connectivity index (χ4n) is 2.87. The Bertz CT molecular complexity index is 568. The van der Waals surface area contributed by atoms with Crippen molar-refractivity contribution >= 4 is 16.3 Å². The monoisotopic (exact) mass is 279 g/mol. The number of hydrogen-bond acceptors (Lipinski definition) is 6. The van der Waals surface area contributed by atoms with E-state index in [0.717, 1.165) is 60.7 Å². The third-order valence-electron chi connectivity index (χ3n) is 3.90. The first kappa shape index (κ1) is 11.7. The second-order valence-electron chi connectivity index (χ2n) is 5.31. The molecule has 2 unspecified atom stereocenters. The fraction of sp³-hybridized carbons (Fsp3) is 0.750. The molecule has 6 nitrogen and oxygen atoms in total. The SMILES string of the molecule is C1COC(c2nnc3sc(CC4CCNC4)nn23)C1. The van der Waals surface area contributed by atoms with Crippen molar-refractivity contribution in [3.05, 3.63) is 10.8 Å². The molecule has 2 fully saturated rings. The van der Waals surface area contributed by atoms with Gasteiger partial charge in [-0.05, 0) is 38.3 Å². The molecule has 4 heterocycles. The van der Waals surface area contributed by atoms with Crippen LogP contribution in [0.3, 0.4) is 0 Å². The molecular formula is C12H17N5OS. The lowest BCUT2D eigenvalue weighted by Gasteiger charge is -2.05. The zero-order valence-corrected chi connectivity index (χ0v) is 11.5. The van der Waals surface area contributed by atoms with Crippen LogP contribution in [0.2, 0.25) is 0 Å². The zero-order chi connectivity index (χ0) is 12.7. The number of aromatic nitrogens is 4. The number of nitrogens with one attached hydrogen (secondary N) is 1. The van der Waals surface area contributed by atoms with Gasteiger partial charge in [-0.2, -0.15) is 9.61 Å². The first-order valence-corrected chi connectivity index (χ1v) is 7.75. The van der Waals surface area contributed by atoms with Crippen molar-refractivity contribution in [2.75, 3.05) is 19.7 Å². The molecule has 2 saturated heterocycles. The van der Waals surface area contributed by atoms with E-state index in [-0.39, 0.29) is 6.10 Å². The third-order valence-corrected chi connectivity index (χ3v) is 4.82. The Morgan fingerprint density at radius 2 is 2.37 bits per heavy atom. The molecule has 0 amide bonds. The van der Waals surface area contributed by atoms with Gasteiger partial charge in [-0.25, -0.2) is 0 Å². The predicted octanol–water partition coefficient (Wildman–Crippen LogP) is 1.19. The van der Waals surface area contributed by atoms with Gasteiger partial charge in [-0.3, -0.25) is 0 Å². The van der Waals surface area contributed by atoms with Gasteiger partial charge in [-0.1, -0.05) is 11.3 Å². The van der Waals surface area contributed by atoms with Crippen molar-refractivity contribution in [2.24, 2.45) is 5.92 Å². The van der Waals surface area contributed by atoms with E-state index in [9.17, 15) is 0 Å². The quantitative estimate of drug-likeness (QED) is 0.914. The molecule has 0 saturated carbocycles. The molecule has 4 rings (SSSR count). The standard InChI is InChI=1S/C12H17N5OS/c1-2-9(18-5-1)11-14-15-12-17(11)16-10(19-12)6-8-3-4-13-7-8/h8-9,13H,1-7H2. The van der Waals surface area contributed by atoms with Gasteiger partial charge in [0.25, 0.3) is 0 Å². The summed E-state index contributed by atoms with van der Waals surface area (Å²) in [5, 5.41) is 17.7. The van der Waals surface area contributed by atoms with Crippen molar-refractivity contribution in [3.8, 4) is 0 Å². The molecule has 0 aromatic carbocycles. The van der Waals surface area contributed by atoms with Crippen LogP contribution in [-0.2, 0) is 11.2 Å². The number of rotatable bonds is 3. The minimum Gasteiger partial charge on any atom is -0.370 e. The van der Waals surface area contributed by atoms with Crippen LogP contribution in [0, 0.1) is 5.92 Å². The Kier molecular flexibility index (Phi) is 2.97. The molecule has 2 aliphatic rings. The van der Waals surface area contributed by atoms with Crippen molar-refractivity contribution in [2.45, 2.75) is 31.8 Å². The van der Waals surface area contributed by atoms with Crippen LogP contribution in [0.4, 0.5) is 0 Å². The van der Waals surface area contributed by atoms with Crippen molar-refractivity contribution in [1.29, 1.82) is 0 Å². The van der Waals surface area contributed by atoms with E-state index in [0.29, 0.717) is 0 Å². The van der Waals surface area contributed by atoms with Crippen molar-refractivity contribution in [1.82, 2.24) is 25.1 Å². The fourth-order valence-corrected chi connectivity index (χ4v) is 3.83. The molecule has 0 aliphatic carbocycles. The van der Waals surface area contributed by atoms with Crippen LogP contribution >= 0.6 is 11.3 Å². The van der Waals surface area contributed by atoms with Gasteiger partial charge in [0.2, 0.25) is 4.96 Å². The number of fused-ring (bicyclic) bond motifs is 1. The van der Waals surface area contributed by atoms with Crippen LogP contribution in [0.5, 0.6) is 0 Å². The molecule has 2 aromatic heterocycles. The lowest BCUT2D eigenvalue weighted by atomic mass is 10.1. The van der Waals surface area contributed by atoms with Gasteiger partial charge in [-0.15, -0.1) is 10.2 Å². The molecule has 102 valence electrons. The summed E-state index contributed by atoms with van der Waals surface area (Å²) in [6.45, 7) is 3.07. The molecule has 0 radical (unpaired) electrons. The van der Waals surface area contributed by atoms with Crippen LogP contribution < -0.4 is 5.32 Å². The summed E-state index contributed by atoms with van der Waals surface area (Å²) < 4.78 is 7.57.